The zero-order valence-electron chi connectivity index (χ0n) is 11.1. The fourth-order valence-corrected chi connectivity index (χ4v) is 2.14. The Kier molecular flexibility index (Phi) is 4.00. The monoisotopic (exact) mass is 233 g/mol. The summed E-state index contributed by atoms with van der Waals surface area (Å²) in [6.07, 6.45) is 4.58. The topological polar surface area (TPSA) is 28.2 Å². The third kappa shape index (κ3) is 3.43. The molecular formula is C14H23N3. The van der Waals surface area contributed by atoms with Crippen molar-refractivity contribution in [3.05, 3.63) is 23.9 Å². The number of aromatic nitrogens is 1. The Morgan fingerprint density at radius 2 is 2.24 bits per heavy atom. The number of nitrogens with zero attached hydrogens (tertiary/aromatic N) is 2. The molecule has 1 aromatic rings. The lowest BCUT2D eigenvalue weighted by Gasteiger charge is -2.25. The van der Waals surface area contributed by atoms with Crippen LogP contribution in [0.5, 0.6) is 0 Å². The molecule has 0 aromatic carbocycles. The Balaban J connectivity index is 2.13. The number of hydrogen-bond donors (Lipinski definition) is 1. The van der Waals surface area contributed by atoms with Gasteiger partial charge in [-0.1, -0.05) is 13.8 Å². The van der Waals surface area contributed by atoms with Crippen molar-refractivity contribution in [2.75, 3.05) is 18.5 Å². The summed E-state index contributed by atoms with van der Waals surface area (Å²) in [4.78, 5) is 7.01. The lowest BCUT2D eigenvalue weighted by Crippen LogP contribution is -2.30. The van der Waals surface area contributed by atoms with E-state index in [0.717, 1.165) is 24.9 Å². The minimum Gasteiger partial charge on any atom is -0.353 e. The van der Waals surface area contributed by atoms with E-state index in [1.165, 1.54) is 18.4 Å². The van der Waals surface area contributed by atoms with E-state index in [1.54, 1.807) is 0 Å². The molecule has 3 nitrogen and oxygen atoms in total. The van der Waals surface area contributed by atoms with Crippen molar-refractivity contribution in [3.8, 4) is 0 Å². The predicted octanol–water partition coefficient (Wildman–Crippen LogP) is 2.43. The van der Waals surface area contributed by atoms with Crippen LogP contribution in [0.25, 0.3) is 0 Å². The fraction of sp³-hybridized carbons (Fsp3) is 0.643. The second-order valence-corrected chi connectivity index (χ2v) is 5.33. The standard InChI is InChI=1S/C14H23N3/c1-11(2)10-17(13-4-5-13)14-8-12(9-15-3)6-7-16-14/h6-8,11,13,15H,4-5,9-10H2,1-3H3. The summed E-state index contributed by atoms with van der Waals surface area (Å²) < 4.78 is 0. The van der Waals surface area contributed by atoms with Crippen LogP contribution < -0.4 is 10.2 Å². The van der Waals surface area contributed by atoms with E-state index in [2.05, 4.69) is 41.2 Å². The van der Waals surface area contributed by atoms with Crippen LogP contribution in [0.15, 0.2) is 18.3 Å². The fourth-order valence-electron chi connectivity index (χ4n) is 2.14. The lowest BCUT2D eigenvalue weighted by atomic mass is 10.2. The van der Waals surface area contributed by atoms with Crippen molar-refractivity contribution in [2.24, 2.45) is 5.92 Å². The molecule has 2 rings (SSSR count). The molecule has 1 fully saturated rings. The van der Waals surface area contributed by atoms with Crippen molar-refractivity contribution in [3.63, 3.8) is 0 Å². The zero-order valence-corrected chi connectivity index (χ0v) is 11.1. The second kappa shape index (κ2) is 5.50. The van der Waals surface area contributed by atoms with Gasteiger partial charge in [-0.25, -0.2) is 4.98 Å². The molecule has 17 heavy (non-hydrogen) atoms. The third-order valence-electron chi connectivity index (χ3n) is 3.03. The Labute approximate surface area is 104 Å². The summed E-state index contributed by atoms with van der Waals surface area (Å²) >= 11 is 0. The highest BCUT2D eigenvalue weighted by Crippen LogP contribution is 2.31. The van der Waals surface area contributed by atoms with E-state index in [4.69, 9.17) is 0 Å². The average Bonchev–Trinajstić information content (AvgIpc) is 3.10. The van der Waals surface area contributed by atoms with Gasteiger partial charge in [0.15, 0.2) is 0 Å². The molecule has 0 amide bonds. The number of pyridine rings is 1. The molecule has 0 bridgehead atoms. The van der Waals surface area contributed by atoms with Gasteiger partial charge >= 0.3 is 0 Å². The van der Waals surface area contributed by atoms with Gasteiger partial charge in [-0.3, -0.25) is 0 Å². The highest BCUT2D eigenvalue weighted by atomic mass is 15.2. The molecular weight excluding hydrogens is 210 g/mol. The summed E-state index contributed by atoms with van der Waals surface area (Å²) in [7, 11) is 1.98. The van der Waals surface area contributed by atoms with Crippen molar-refractivity contribution in [1.29, 1.82) is 0 Å². The van der Waals surface area contributed by atoms with Crippen molar-refractivity contribution in [1.82, 2.24) is 10.3 Å². The first-order valence-electron chi connectivity index (χ1n) is 6.57. The first-order valence-corrected chi connectivity index (χ1v) is 6.57. The van der Waals surface area contributed by atoms with Gasteiger partial charge in [-0.15, -0.1) is 0 Å². The Bertz CT molecular complexity index is 358. The average molecular weight is 233 g/mol. The van der Waals surface area contributed by atoms with Gasteiger partial charge in [-0.05, 0) is 43.5 Å². The highest BCUT2D eigenvalue weighted by molar-refractivity contribution is 5.43. The smallest absolute Gasteiger partial charge is 0.129 e. The Morgan fingerprint density at radius 1 is 1.47 bits per heavy atom. The van der Waals surface area contributed by atoms with Crippen LogP contribution in [0.4, 0.5) is 5.82 Å². The minimum absolute atomic E-state index is 0.686. The number of rotatable bonds is 6. The maximum Gasteiger partial charge on any atom is 0.129 e. The van der Waals surface area contributed by atoms with Gasteiger partial charge in [0.2, 0.25) is 0 Å². The summed E-state index contributed by atoms with van der Waals surface area (Å²) in [6.45, 7) is 6.57. The van der Waals surface area contributed by atoms with Gasteiger partial charge in [0.05, 0.1) is 0 Å². The maximum absolute atomic E-state index is 4.53. The zero-order chi connectivity index (χ0) is 12.3. The van der Waals surface area contributed by atoms with E-state index in [9.17, 15) is 0 Å². The molecule has 1 N–H and O–H groups in total. The summed E-state index contributed by atoms with van der Waals surface area (Å²) in [5.41, 5.74) is 1.31. The Hall–Kier alpha value is -1.09. The van der Waals surface area contributed by atoms with E-state index >= 15 is 0 Å². The van der Waals surface area contributed by atoms with Crippen LogP contribution in [-0.4, -0.2) is 24.6 Å². The van der Waals surface area contributed by atoms with E-state index < -0.39 is 0 Å². The van der Waals surface area contributed by atoms with E-state index in [-0.39, 0.29) is 0 Å². The molecule has 1 heterocycles. The lowest BCUT2D eigenvalue weighted by molar-refractivity contribution is 0.602. The summed E-state index contributed by atoms with van der Waals surface area (Å²) in [6, 6.07) is 5.03. The van der Waals surface area contributed by atoms with Crippen LogP contribution in [0, 0.1) is 5.92 Å². The van der Waals surface area contributed by atoms with Gasteiger partial charge in [0.1, 0.15) is 5.82 Å². The number of anilines is 1. The maximum atomic E-state index is 4.53. The second-order valence-electron chi connectivity index (χ2n) is 5.33. The molecule has 3 heteroatoms. The number of nitrogens with one attached hydrogen (secondary N) is 1. The van der Waals surface area contributed by atoms with Gasteiger partial charge < -0.3 is 10.2 Å². The van der Waals surface area contributed by atoms with Crippen LogP contribution in [0.2, 0.25) is 0 Å². The van der Waals surface area contributed by atoms with Crippen molar-refractivity contribution >= 4 is 5.82 Å². The van der Waals surface area contributed by atoms with Gasteiger partial charge in [0.25, 0.3) is 0 Å². The molecule has 0 radical (unpaired) electrons. The van der Waals surface area contributed by atoms with Crippen molar-refractivity contribution < 1.29 is 0 Å². The largest absolute Gasteiger partial charge is 0.353 e. The van der Waals surface area contributed by atoms with Crippen molar-refractivity contribution in [2.45, 2.75) is 39.3 Å². The van der Waals surface area contributed by atoms with Crippen LogP contribution in [0.1, 0.15) is 32.3 Å². The molecule has 0 atom stereocenters. The predicted molar refractivity (Wildman–Crippen MR) is 72.2 cm³/mol. The first kappa shape index (κ1) is 12.4. The molecule has 1 aliphatic rings. The van der Waals surface area contributed by atoms with E-state index in [1.807, 2.05) is 13.2 Å². The SMILES string of the molecule is CNCc1ccnc(N(CC(C)C)C2CC2)c1. The first-order chi connectivity index (χ1) is 8.20. The minimum atomic E-state index is 0.686. The molecule has 1 aromatic heterocycles. The number of hydrogen-bond acceptors (Lipinski definition) is 3. The normalized spacial score (nSPS) is 15.3. The molecule has 1 aliphatic carbocycles. The van der Waals surface area contributed by atoms with Crippen LogP contribution in [0.3, 0.4) is 0 Å². The van der Waals surface area contributed by atoms with Gasteiger partial charge in [0, 0.05) is 25.3 Å². The van der Waals surface area contributed by atoms with Crippen LogP contribution >= 0.6 is 0 Å². The van der Waals surface area contributed by atoms with E-state index in [0.29, 0.717) is 5.92 Å². The third-order valence-corrected chi connectivity index (χ3v) is 3.03. The summed E-state index contributed by atoms with van der Waals surface area (Å²) in [5.74, 6) is 1.83. The quantitative estimate of drug-likeness (QED) is 0.818. The molecule has 0 spiro atoms. The molecule has 0 unspecified atom stereocenters. The molecule has 0 aliphatic heterocycles. The Morgan fingerprint density at radius 3 is 2.82 bits per heavy atom. The van der Waals surface area contributed by atoms with Gasteiger partial charge in [-0.2, -0.15) is 0 Å². The molecule has 0 saturated heterocycles. The molecule has 1 saturated carbocycles. The molecule has 94 valence electrons. The highest BCUT2D eigenvalue weighted by Gasteiger charge is 2.30. The summed E-state index contributed by atoms with van der Waals surface area (Å²) in [5, 5.41) is 3.19. The van der Waals surface area contributed by atoms with Crippen LogP contribution in [-0.2, 0) is 6.54 Å².